The van der Waals surface area contributed by atoms with Crippen molar-refractivity contribution in [1.82, 2.24) is 9.47 Å². The Labute approximate surface area is 235 Å². The number of para-hydroxylation sites is 2. The highest BCUT2D eigenvalue weighted by Gasteiger charge is 2.57. The summed E-state index contributed by atoms with van der Waals surface area (Å²) in [4.78, 5) is 27.4. The van der Waals surface area contributed by atoms with Crippen molar-refractivity contribution in [3.8, 4) is 5.75 Å². The third-order valence-electron chi connectivity index (χ3n) is 8.83. The van der Waals surface area contributed by atoms with Crippen LogP contribution in [0.4, 0.5) is 0 Å². The fourth-order valence-corrected chi connectivity index (χ4v) is 6.81. The average molecular weight is 547 g/mol. The first-order chi connectivity index (χ1) is 19.4. The zero-order valence-electron chi connectivity index (χ0n) is 23.5. The highest BCUT2D eigenvalue weighted by atomic mass is 16.5. The lowest BCUT2D eigenvalue weighted by Gasteiger charge is -2.51. The van der Waals surface area contributed by atoms with Crippen LogP contribution in [0.2, 0.25) is 0 Å². The van der Waals surface area contributed by atoms with Crippen LogP contribution in [-0.2, 0) is 31.2 Å². The second-order valence-electron chi connectivity index (χ2n) is 10.8. The summed E-state index contributed by atoms with van der Waals surface area (Å²) in [6.07, 6.45) is 6.47. The molecule has 0 amide bonds. The van der Waals surface area contributed by atoms with E-state index in [0.717, 1.165) is 53.7 Å². The number of nitrogens with zero attached hydrogens (tertiary/aromatic N) is 2. The summed E-state index contributed by atoms with van der Waals surface area (Å²) >= 11 is 0. The maximum absolute atomic E-state index is 13.4. The molecule has 2 bridgehead atoms. The normalized spacial score (nSPS) is 24.6. The molecule has 40 heavy (non-hydrogen) atoms. The maximum atomic E-state index is 13.4. The molecule has 0 radical (unpaired) electrons. The second-order valence-corrected chi connectivity index (χ2v) is 10.8. The van der Waals surface area contributed by atoms with E-state index < -0.39 is 17.1 Å². The number of carbonyl (C=O) groups excluding carboxylic acids is 2. The van der Waals surface area contributed by atoms with Gasteiger partial charge in [-0.05, 0) is 54.9 Å². The number of fused-ring (bicyclic) bond motifs is 4. The van der Waals surface area contributed by atoms with Gasteiger partial charge in [-0.2, -0.15) is 0 Å². The molecule has 0 aliphatic carbocycles. The molecule has 1 N–H and O–H groups in total. The molecule has 1 aromatic heterocycles. The van der Waals surface area contributed by atoms with Gasteiger partial charge in [0.2, 0.25) is 5.72 Å². The Hall–Kier alpha value is -3.78. The summed E-state index contributed by atoms with van der Waals surface area (Å²) in [6, 6.07) is 17.7. The van der Waals surface area contributed by atoms with Crippen LogP contribution in [0.15, 0.2) is 66.9 Å². The zero-order chi connectivity index (χ0) is 28.3. The van der Waals surface area contributed by atoms with Crippen molar-refractivity contribution in [2.24, 2.45) is 5.41 Å². The third-order valence-corrected chi connectivity index (χ3v) is 8.83. The van der Waals surface area contributed by atoms with E-state index >= 15 is 0 Å². The van der Waals surface area contributed by atoms with Gasteiger partial charge in [-0.25, -0.2) is 9.59 Å². The van der Waals surface area contributed by atoms with E-state index in [-0.39, 0.29) is 18.3 Å². The molecule has 5 rings (SSSR count). The standard InChI is InChI=1S/C32H38N2O6/c1-4-31-17-10-18-33(20-16-28(35)38-2)19-15-25-24-13-8-9-14-27(24)34(32(37,22-31)30(36)39-3)29(25)26(31)21-40-23-11-6-5-7-12-23/h5-9,11-14,16,20,26,37H,4,10,15,17-19,21-22H2,1-3H3/b20-16+. The first-order valence-electron chi connectivity index (χ1n) is 14.0. The van der Waals surface area contributed by atoms with Gasteiger partial charge in [0.05, 0.1) is 26.3 Å². The summed E-state index contributed by atoms with van der Waals surface area (Å²) in [5.74, 6) is -0.320. The second kappa shape index (κ2) is 11.4. The van der Waals surface area contributed by atoms with Crippen molar-refractivity contribution < 1.29 is 28.9 Å². The molecule has 2 aliphatic rings. The Bertz CT molecular complexity index is 1400. The summed E-state index contributed by atoms with van der Waals surface area (Å²) in [7, 11) is 2.71. The smallest absolute Gasteiger partial charge is 0.359 e. The first-order valence-corrected chi connectivity index (χ1v) is 14.0. The molecule has 8 heteroatoms. The number of aliphatic hydroxyl groups is 1. The first kappa shape index (κ1) is 27.8. The number of methoxy groups -OCH3 is 2. The molecule has 3 aromatic rings. The van der Waals surface area contributed by atoms with E-state index in [2.05, 4.69) is 17.9 Å². The van der Waals surface area contributed by atoms with E-state index in [1.165, 1.54) is 20.3 Å². The van der Waals surface area contributed by atoms with Crippen LogP contribution in [-0.4, -0.2) is 60.4 Å². The predicted molar refractivity (Wildman–Crippen MR) is 152 cm³/mol. The third kappa shape index (κ3) is 4.85. The number of carbonyl (C=O) groups is 2. The minimum Gasteiger partial charge on any atom is -0.493 e. The molecule has 3 heterocycles. The lowest BCUT2D eigenvalue weighted by atomic mass is 9.62. The molecular weight excluding hydrogens is 508 g/mol. The van der Waals surface area contributed by atoms with Gasteiger partial charge in [-0.3, -0.25) is 0 Å². The monoisotopic (exact) mass is 546 g/mol. The van der Waals surface area contributed by atoms with Gasteiger partial charge in [-0.1, -0.05) is 43.3 Å². The van der Waals surface area contributed by atoms with Crippen molar-refractivity contribution in [2.45, 2.75) is 50.7 Å². The molecule has 0 saturated carbocycles. The quantitative estimate of drug-likeness (QED) is 0.338. The minimum absolute atomic E-state index is 0.0674. The molecule has 8 nitrogen and oxygen atoms in total. The summed E-state index contributed by atoms with van der Waals surface area (Å²) in [5.41, 5.74) is 0.523. The Morgan fingerprint density at radius 2 is 1.80 bits per heavy atom. The molecule has 0 spiro atoms. The fraction of sp³-hybridized carbons (Fsp3) is 0.438. The number of hydrogen-bond acceptors (Lipinski definition) is 7. The number of hydrogen-bond donors (Lipinski definition) is 1. The number of benzene rings is 2. The molecule has 0 saturated heterocycles. The molecular formula is C32H38N2O6. The van der Waals surface area contributed by atoms with Crippen LogP contribution in [0.5, 0.6) is 5.75 Å². The van der Waals surface area contributed by atoms with Crippen molar-refractivity contribution in [3.63, 3.8) is 0 Å². The van der Waals surface area contributed by atoms with Gasteiger partial charge in [-0.15, -0.1) is 0 Å². The molecule has 212 valence electrons. The van der Waals surface area contributed by atoms with Crippen LogP contribution in [0.1, 0.15) is 49.8 Å². The van der Waals surface area contributed by atoms with Crippen LogP contribution in [0.3, 0.4) is 0 Å². The largest absolute Gasteiger partial charge is 0.493 e. The highest BCUT2D eigenvalue weighted by Crippen LogP contribution is 2.57. The van der Waals surface area contributed by atoms with Crippen LogP contribution >= 0.6 is 0 Å². The molecule has 2 aliphatic heterocycles. The van der Waals surface area contributed by atoms with E-state index in [1.807, 2.05) is 59.3 Å². The van der Waals surface area contributed by atoms with E-state index in [0.29, 0.717) is 19.6 Å². The summed E-state index contributed by atoms with van der Waals surface area (Å²) in [6.45, 7) is 3.94. The maximum Gasteiger partial charge on any atom is 0.359 e. The van der Waals surface area contributed by atoms with Gasteiger partial charge in [0.15, 0.2) is 0 Å². The number of esters is 2. The zero-order valence-corrected chi connectivity index (χ0v) is 23.5. The Kier molecular flexibility index (Phi) is 7.90. The fourth-order valence-electron chi connectivity index (χ4n) is 6.81. The minimum atomic E-state index is -1.84. The van der Waals surface area contributed by atoms with E-state index in [9.17, 15) is 14.7 Å². The average Bonchev–Trinajstić information content (AvgIpc) is 3.32. The molecule has 2 aromatic carbocycles. The summed E-state index contributed by atoms with van der Waals surface area (Å²) in [5, 5.41) is 13.3. The summed E-state index contributed by atoms with van der Waals surface area (Å²) < 4.78 is 18.3. The van der Waals surface area contributed by atoms with Gasteiger partial charge in [0, 0.05) is 48.8 Å². The lowest BCUT2D eigenvalue weighted by molar-refractivity contribution is -0.187. The van der Waals surface area contributed by atoms with Gasteiger partial charge in [0.25, 0.3) is 0 Å². The van der Waals surface area contributed by atoms with Crippen LogP contribution in [0.25, 0.3) is 10.9 Å². The Morgan fingerprint density at radius 3 is 2.52 bits per heavy atom. The molecule has 3 atom stereocenters. The topological polar surface area (TPSA) is 90.2 Å². The number of aromatic nitrogens is 1. The van der Waals surface area contributed by atoms with E-state index in [4.69, 9.17) is 14.2 Å². The van der Waals surface area contributed by atoms with Crippen molar-refractivity contribution >= 4 is 22.8 Å². The lowest BCUT2D eigenvalue weighted by Crippen LogP contribution is -2.55. The molecule has 0 fully saturated rings. The van der Waals surface area contributed by atoms with Gasteiger partial charge in [0.1, 0.15) is 5.75 Å². The van der Waals surface area contributed by atoms with E-state index in [1.54, 1.807) is 0 Å². The van der Waals surface area contributed by atoms with Crippen molar-refractivity contribution in [2.75, 3.05) is 33.9 Å². The van der Waals surface area contributed by atoms with Gasteiger partial charge < -0.3 is 28.8 Å². The van der Waals surface area contributed by atoms with Gasteiger partial charge >= 0.3 is 11.9 Å². The molecule has 3 unspecified atom stereocenters. The number of ether oxygens (including phenoxy) is 3. The Balaban J connectivity index is 1.71. The Morgan fingerprint density at radius 1 is 1.05 bits per heavy atom. The highest BCUT2D eigenvalue weighted by molar-refractivity contribution is 5.90. The van der Waals surface area contributed by atoms with Crippen molar-refractivity contribution in [3.05, 3.63) is 78.1 Å². The SMILES string of the molecule is CCC12CCCN(/C=C/C(=O)OC)CCc3c(n(c4ccccc34)C(O)(C(=O)OC)C1)C2COc1ccccc1. The predicted octanol–water partition coefficient (Wildman–Crippen LogP) is 4.75. The number of rotatable bonds is 7. The van der Waals surface area contributed by atoms with Crippen molar-refractivity contribution in [1.29, 1.82) is 0 Å². The van der Waals surface area contributed by atoms with Crippen LogP contribution < -0.4 is 4.74 Å². The van der Waals surface area contributed by atoms with Crippen LogP contribution in [0, 0.1) is 5.41 Å².